The highest BCUT2D eigenvalue weighted by molar-refractivity contribution is 6.06. The molecule has 0 saturated carbocycles. The smallest absolute Gasteiger partial charge is 0.270 e. The summed E-state index contributed by atoms with van der Waals surface area (Å²) in [7, 11) is 2.11. The number of aliphatic imine (C=N–C) groups is 1. The summed E-state index contributed by atoms with van der Waals surface area (Å²) in [6.07, 6.45) is 3.30. The molecule has 2 saturated heterocycles. The first kappa shape index (κ1) is 22.1. The second-order valence-corrected chi connectivity index (χ2v) is 9.15. The normalized spacial score (nSPS) is 21.2. The SMILES string of the molecule is CN1CCN(c2nccc(N3CCCC3C(=O)N=C(N)CC(=O)C(C)(C)C)n2)CC1. The van der Waals surface area contributed by atoms with Gasteiger partial charge in [-0.2, -0.15) is 9.98 Å². The number of hydrogen-bond donors (Lipinski definition) is 1. The summed E-state index contributed by atoms with van der Waals surface area (Å²) in [6.45, 7) is 9.92. The predicted molar refractivity (Wildman–Crippen MR) is 118 cm³/mol. The zero-order chi connectivity index (χ0) is 21.9. The summed E-state index contributed by atoms with van der Waals surface area (Å²) in [5, 5.41) is 0. The summed E-state index contributed by atoms with van der Waals surface area (Å²) in [5.74, 6) is 1.15. The molecule has 0 radical (unpaired) electrons. The van der Waals surface area contributed by atoms with Crippen molar-refractivity contribution >= 4 is 29.3 Å². The van der Waals surface area contributed by atoms with Gasteiger partial charge >= 0.3 is 0 Å². The van der Waals surface area contributed by atoms with Crippen molar-refractivity contribution in [3.63, 3.8) is 0 Å². The first-order valence-corrected chi connectivity index (χ1v) is 10.6. The Labute approximate surface area is 178 Å². The van der Waals surface area contributed by atoms with Crippen molar-refractivity contribution in [3.05, 3.63) is 12.3 Å². The molecule has 9 heteroatoms. The number of carbonyl (C=O) groups is 2. The Bertz CT molecular complexity index is 810. The fraction of sp³-hybridized carbons (Fsp3) is 0.667. The Balaban J connectivity index is 1.71. The second-order valence-electron chi connectivity index (χ2n) is 9.15. The van der Waals surface area contributed by atoms with E-state index < -0.39 is 11.5 Å². The van der Waals surface area contributed by atoms with Crippen molar-refractivity contribution in [2.75, 3.05) is 49.6 Å². The van der Waals surface area contributed by atoms with E-state index in [1.165, 1.54) is 0 Å². The van der Waals surface area contributed by atoms with Crippen LogP contribution in [0.15, 0.2) is 17.3 Å². The van der Waals surface area contributed by atoms with Crippen LogP contribution >= 0.6 is 0 Å². The van der Waals surface area contributed by atoms with Gasteiger partial charge in [0.15, 0.2) is 0 Å². The van der Waals surface area contributed by atoms with Gasteiger partial charge in [-0.15, -0.1) is 0 Å². The number of nitrogens with two attached hydrogens (primary N) is 1. The van der Waals surface area contributed by atoms with Crippen LogP contribution in [-0.2, 0) is 9.59 Å². The molecular formula is C21H33N7O2. The summed E-state index contributed by atoms with van der Waals surface area (Å²) in [4.78, 5) is 44.6. The van der Waals surface area contributed by atoms with Crippen molar-refractivity contribution < 1.29 is 9.59 Å². The summed E-state index contributed by atoms with van der Waals surface area (Å²) in [5.41, 5.74) is 5.40. The molecular weight excluding hydrogens is 382 g/mol. The zero-order valence-electron chi connectivity index (χ0n) is 18.5. The van der Waals surface area contributed by atoms with E-state index in [1.54, 1.807) is 6.20 Å². The Morgan fingerprint density at radius 1 is 1.20 bits per heavy atom. The molecule has 1 aromatic heterocycles. The quantitative estimate of drug-likeness (QED) is 0.562. The van der Waals surface area contributed by atoms with Crippen LogP contribution in [0.2, 0.25) is 0 Å². The van der Waals surface area contributed by atoms with E-state index in [0.717, 1.165) is 45.0 Å². The molecule has 3 rings (SSSR count). The highest BCUT2D eigenvalue weighted by Crippen LogP contribution is 2.26. The molecule has 0 aromatic carbocycles. The molecule has 30 heavy (non-hydrogen) atoms. The largest absolute Gasteiger partial charge is 0.387 e. The maximum absolute atomic E-state index is 12.8. The van der Waals surface area contributed by atoms with E-state index in [9.17, 15) is 9.59 Å². The maximum atomic E-state index is 12.8. The fourth-order valence-corrected chi connectivity index (χ4v) is 3.64. The van der Waals surface area contributed by atoms with Gasteiger partial charge in [0, 0.05) is 44.3 Å². The highest BCUT2D eigenvalue weighted by Gasteiger charge is 2.32. The zero-order valence-corrected chi connectivity index (χ0v) is 18.5. The van der Waals surface area contributed by atoms with Gasteiger partial charge in [-0.3, -0.25) is 9.59 Å². The lowest BCUT2D eigenvalue weighted by Gasteiger charge is -2.33. The van der Waals surface area contributed by atoms with Crippen LogP contribution in [-0.4, -0.2) is 78.2 Å². The Hall–Kier alpha value is -2.55. The van der Waals surface area contributed by atoms with E-state index >= 15 is 0 Å². The summed E-state index contributed by atoms with van der Waals surface area (Å²) < 4.78 is 0. The molecule has 3 heterocycles. The predicted octanol–water partition coefficient (Wildman–Crippen LogP) is 1.09. The molecule has 0 bridgehead atoms. The van der Waals surface area contributed by atoms with Gasteiger partial charge in [-0.25, -0.2) is 4.98 Å². The number of amidine groups is 1. The van der Waals surface area contributed by atoms with Crippen LogP contribution in [0.1, 0.15) is 40.0 Å². The number of Topliss-reactive ketones (excluding diaryl/α,β-unsaturated/α-hetero) is 1. The molecule has 2 aliphatic heterocycles. The molecule has 2 N–H and O–H groups in total. The van der Waals surface area contributed by atoms with Crippen LogP contribution in [0.5, 0.6) is 0 Å². The third-order valence-electron chi connectivity index (χ3n) is 5.68. The van der Waals surface area contributed by atoms with Gasteiger partial charge in [0.2, 0.25) is 5.95 Å². The Morgan fingerprint density at radius 3 is 2.57 bits per heavy atom. The van der Waals surface area contributed by atoms with Gasteiger partial charge in [-0.05, 0) is 26.0 Å². The minimum Gasteiger partial charge on any atom is -0.387 e. The Kier molecular flexibility index (Phi) is 6.70. The second kappa shape index (κ2) is 9.07. The van der Waals surface area contributed by atoms with E-state index in [4.69, 9.17) is 10.7 Å². The number of carbonyl (C=O) groups excluding carboxylic acids is 2. The van der Waals surface area contributed by atoms with E-state index in [2.05, 4.69) is 26.8 Å². The average molecular weight is 416 g/mol. The average Bonchev–Trinajstić information content (AvgIpc) is 3.18. The highest BCUT2D eigenvalue weighted by atomic mass is 16.2. The standard InChI is InChI=1S/C21H33N7O2/c1-21(2,3)16(29)14-17(22)24-19(30)15-6-5-9-28(15)18-7-8-23-20(25-18)27-12-10-26(4)11-13-27/h7-8,15H,5-6,9-14H2,1-4H3,(H2,22,24,30). The van der Waals surface area contributed by atoms with Crippen molar-refractivity contribution in [1.82, 2.24) is 14.9 Å². The molecule has 164 valence electrons. The fourth-order valence-electron chi connectivity index (χ4n) is 3.64. The van der Waals surface area contributed by atoms with E-state index in [0.29, 0.717) is 12.4 Å². The van der Waals surface area contributed by atoms with Gasteiger partial charge in [0.1, 0.15) is 23.5 Å². The number of piperazine rings is 1. The molecule has 1 unspecified atom stereocenters. The van der Waals surface area contributed by atoms with E-state index in [1.807, 2.05) is 31.7 Å². The number of anilines is 2. The van der Waals surface area contributed by atoms with Crippen molar-refractivity contribution in [2.45, 2.75) is 46.1 Å². The molecule has 2 fully saturated rings. The van der Waals surface area contributed by atoms with Crippen molar-refractivity contribution in [1.29, 1.82) is 0 Å². The molecule has 2 aliphatic rings. The van der Waals surface area contributed by atoms with Crippen LogP contribution in [0.25, 0.3) is 0 Å². The van der Waals surface area contributed by atoms with Crippen molar-refractivity contribution in [2.24, 2.45) is 16.1 Å². The first-order valence-electron chi connectivity index (χ1n) is 10.6. The number of nitrogens with zero attached hydrogens (tertiary/aromatic N) is 6. The number of rotatable bonds is 5. The minimum atomic E-state index is -0.511. The molecule has 9 nitrogen and oxygen atoms in total. The first-order chi connectivity index (χ1) is 14.1. The van der Waals surface area contributed by atoms with Gasteiger partial charge in [-0.1, -0.05) is 20.8 Å². The number of aromatic nitrogens is 2. The molecule has 1 atom stereocenters. The summed E-state index contributed by atoms with van der Waals surface area (Å²) in [6, 6.07) is 1.42. The van der Waals surface area contributed by atoms with Crippen LogP contribution in [0.4, 0.5) is 11.8 Å². The third-order valence-corrected chi connectivity index (χ3v) is 5.68. The van der Waals surface area contributed by atoms with Gasteiger partial charge in [0.05, 0.1) is 6.42 Å². The number of hydrogen-bond acceptors (Lipinski definition) is 7. The van der Waals surface area contributed by atoms with Gasteiger partial charge in [0.25, 0.3) is 5.91 Å². The molecule has 0 aliphatic carbocycles. The molecule has 1 amide bonds. The monoisotopic (exact) mass is 415 g/mol. The van der Waals surface area contributed by atoms with Crippen molar-refractivity contribution in [3.8, 4) is 0 Å². The minimum absolute atomic E-state index is 0.0109. The topological polar surface area (TPSA) is 108 Å². The molecule has 1 aromatic rings. The summed E-state index contributed by atoms with van der Waals surface area (Å²) >= 11 is 0. The number of likely N-dealkylation sites (N-methyl/N-ethyl adjacent to an activating group) is 1. The van der Waals surface area contributed by atoms with Crippen LogP contribution < -0.4 is 15.5 Å². The number of amides is 1. The van der Waals surface area contributed by atoms with Crippen LogP contribution in [0, 0.1) is 5.41 Å². The number of ketones is 1. The Morgan fingerprint density at radius 2 is 1.90 bits per heavy atom. The lowest BCUT2D eigenvalue weighted by atomic mass is 9.89. The van der Waals surface area contributed by atoms with Crippen LogP contribution in [0.3, 0.4) is 0 Å². The third kappa shape index (κ3) is 5.33. The van der Waals surface area contributed by atoms with Gasteiger partial charge < -0.3 is 20.4 Å². The molecule has 0 spiro atoms. The maximum Gasteiger partial charge on any atom is 0.270 e. The lowest BCUT2D eigenvalue weighted by molar-refractivity contribution is -0.125. The lowest BCUT2D eigenvalue weighted by Crippen LogP contribution is -2.45. The van der Waals surface area contributed by atoms with E-state index in [-0.39, 0.29) is 23.9 Å².